The minimum absolute atomic E-state index is 0.0716. The number of aromatic nitrogens is 5. The van der Waals surface area contributed by atoms with Crippen LogP contribution >= 0.6 is 0 Å². The van der Waals surface area contributed by atoms with E-state index in [1.165, 1.54) is 26.0 Å². The smallest absolute Gasteiger partial charge is 0.265 e. The Hall–Kier alpha value is -4.04. The number of methoxy groups -OCH3 is 1. The van der Waals surface area contributed by atoms with E-state index >= 15 is 0 Å². The molecule has 1 fully saturated rings. The largest absolute Gasteiger partial charge is 0.494 e. The number of rotatable bonds is 7. The number of nitrogens with zero attached hydrogens (tertiary/aromatic N) is 6. The fraction of sp³-hybridized carbons (Fsp3) is 0.333. The molecule has 1 aliphatic rings. The van der Waals surface area contributed by atoms with Crippen molar-refractivity contribution in [1.82, 2.24) is 24.5 Å². The molecular weight excluding hydrogens is 508 g/mol. The van der Waals surface area contributed by atoms with E-state index in [1.54, 1.807) is 15.5 Å². The Bertz CT molecular complexity index is 1500. The molecule has 10 nitrogen and oxygen atoms in total. The number of aliphatic hydroxyl groups excluding tert-OH is 1. The molecule has 38 heavy (non-hydrogen) atoms. The first-order valence-corrected chi connectivity index (χ1v) is 11.5. The number of pyridine rings is 1. The standard InChI is InChI=1S/C24H24F4N8O2/c1-38-18-6-14(25)13(5-15(18)26)16-4-12(8-36-11-34-19-22(29)32-10-33-23(19)36)17(7-31-16)35-3-2-24(30,9-35)20(37)21(27)28/h4-7,10-11,20-21,37H,2-3,8-9,30H2,1H3,(H2,29,32,33)/t20-,24-/m1/s1. The van der Waals surface area contributed by atoms with Crippen LogP contribution in [0.3, 0.4) is 0 Å². The van der Waals surface area contributed by atoms with Crippen LogP contribution in [0.15, 0.2) is 37.1 Å². The molecule has 5 N–H and O–H groups in total. The van der Waals surface area contributed by atoms with Crippen LogP contribution in [0.5, 0.6) is 5.75 Å². The van der Waals surface area contributed by atoms with E-state index in [2.05, 4.69) is 19.9 Å². The normalized spacial score (nSPS) is 18.5. The van der Waals surface area contributed by atoms with E-state index in [9.17, 15) is 22.7 Å². The van der Waals surface area contributed by atoms with E-state index in [1.807, 2.05) is 0 Å². The maximum Gasteiger partial charge on any atom is 0.265 e. The molecule has 0 saturated carbocycles. The predicted molar refractivity (Wildman–Crippen MR) is 131 cm³/mol. The van der Waals surface area contributed by atoms with Gasteiger partial charge in [0.1, 0.15) is 23.8 Å². The monoisotopic (exact) mass is 532 g/mol. The third-order valence-corrected chi connectivity index (χ3v) is 6.75. The number of anilines is 2. The SMILES string of the molecule is COc1cc(F)c(-c2cc(Cn3cnc4c(N)ncnc43)c(N3CC[C@](N)([C@H](O)C(F)F)C3)cn2)cc1F. The van der Waals surface area contributed by atoms with Crippen molar-refractivity contribution in [3.63, 3.8) is 0 Å². The molecule has 4 heterocycles. The lowest BCUT2D eigenvalue weighted by Gasteiger charge is -2.30. The molecule has 2 atom stereocenters. The number of hydrogen-bond acceptors (Lipinski definition) is 9. The van der Waals surface area contributed by atoms with Crippen LogP contribution in [0.2, 0.25) is 0 Å². The van der Waals surface area contributed by atoms with Gasteiger partial charge in [-0.2, -0.15) is 0 Å². The van der Waals surface area contributed by atoms with Crippen LogP contribution < -0.4 is 21.1 Å². The second-order valence-electron chi connectivity index (χ2n) is 9.15. The maximum absolute atomic E-state index is 14.9. The Morgan fingerprint density at radius 2 is 1.92 bits per heavy atom. The van der Waals surface area contributed by atoms with Gasteiger partial charge in [0.25, 0.3) is 6.43 Å². The summed E-state index contributed by atoms with van der Waals surface area (Å²) in [6, 6.07) is 3.48. The fourth-order valence-electron chi connectivity index (χ4n) is 4.68. The molecule has 0 bridgehead atoms. The van der Waals surface area contributed by atoms with Crippen molar-refractivity contribution in [3.05, 3.63) is 54.2 Å². The van der Waals surface area contributed by atoms with Crippen molar-refractivity contribution >= 4 is 22.7 Å². The lowest BCUT2D eigenvalue weighted by atomic mass is 9.93. The molecular formula is C24H24F4N8O2. The number of nitrogen functional groups attached to an aromatic ring is 1. The summed E-state index contributed by atoms with van der Waals surface area (Å²) in [7, 11) is 1.23. The van der Waals surface area contributed by atoms with E-state index in [-0.39, 0.29) is 48.9 Å². The molecule has 3 aromatic heterocycles. The third kappa shape index (κ3) is 4.45. The van der Waals surface area contributed by atoms with E-state index in [0.717, 1.165) is 12.1 Å². The lowest BCUT2D eigenvalue weighted by Crippen LogP contribution is -2.55. The van der Waals surface area contributed by atoms with Crippen LogP contribution in [0.4, 0.5) is 29.1 Å². The van der Waals surface area contributed by atoms with Gasteiger partial charge in [-0.15, -0.1) is 0 Å². The van der Waals surface area contributed by atoms with Gasteiger partial charge in [0.15, 0.2) is 23.0 Å². The van der Waals surface area contributed by atoms with Gasteiger partial charge in [-0.3, -0.25) is 4.98 Å². The van der Waals surface area contributed by atoms with Gasteiger partial charge in [-0.1, -0.05) is 0 Å². The number of hydrogen-bond donors (Lipinski definition) is 3. The second kappa shape index (κ2) is 9.68. The highest BCUT2D eigenvalue weighted by Crippen LogP contribution is 2.35. The minimum atomic E-state index is -3.00. The summed E-state index contributed by atoms with van der Waals surface area (Å²) in [5.74, 6) is -1.57. The summed E-state index contributed by atoms with van der Waals surface area (Å²) in [6.45, 7) is 0.334. The molecule has 0 radical (unpaired) electrons. The van der Waals surface area contributed by atoms with Crippen molar-refractivity contribution in [1.29, 1.82) is 0 Å². The number of alkyl halides is 2. The average molecular weight is 533 g/mol. The number of fused-ring (bicyclic) bond motifs is 1. The summed E-state index contributed by atoms with van der Waals surface area (Å²) in [6.07, 6.45) is -0.679. The molecule has 14 heteroatoms. The Morgan fingerprint density at radius 1 is 1.13 bits per heavy atom. The van der Waals surface area contributed by atoms with Crippen LogP contribution in [-0.4, -0.2) is 67.9 Å². The Balaban J connectivity index is 1.59. The molecule has 0 amide bonds. The zero-order valence-electron chi connectivity index (χ0n) is 20.2. The number of benzene rings is 1. The molecule has 0 spiro atoms. The topological polar surface area (TPSA) is 141 Å². The first-order chi connectivity index (χ1) is 18.1. The number of halogens is 4. The lowest BCUT2D eigenvalue weighted by molar-refractivity contribution is -0.0438. The molecule has 1 aromatic carbocycles. The zero-order chi connectivity index (χ0) is 27.2. The minimum Gasteiger partial charge on any atom is -0.494 e. The number of nitrogens with two attached hydrogens (primary N) is 2. The van der Waals surface area contributed by atoms with Crippen molar-refractivity contribution in [2.45, 2.75) is 31.0 Å². The quantitative estimate of drug-likeness (QED) is 0.306. The third-order valence-electron chi connectivity index (χ3n) is 6.75. The highest BCUT2D eigenvalue weighted by atomic mass is 19.3. The predicted octanol–water partition coefficient (Wildman–Crippen LogP) is 2.34. The van der Waals surface area contributed by atoms with Crippen molar-refractivity contribution < 1.29 is 27.4 Å². The molecule has 1 saturated heterocycles. The van der Waals surface area contributed by atoms with E-state index < -0.39 is 29.7 Å². The van der Waals surface area contributed by atoms with Gasteiger partial charge in [0, 0.05) is 24.7 Å². The molecule has 0 aliphatic carbocycles. The Morgan fingerprint density at radius 3 is 2.66 bits per heavy atom. The summed E-state index contributed by atoms with van der Waals surface area (Å²) in [4.78, 5) is 18.5. The van der Waals surface area contributed by atoms with Crippen molar-refractivity contribution in [3.8, 4) is 17.0 Å². The van der Waals surface area contributed by atoms with Gasteiger partial charge < -0.3 is 30.8 Å². The van der Waals surface area contributed by atoms with E-state index in [0.29, 0.717) is 22.4 Å². The van der Waals surface area contributed by atoms with Crippen LogP contribution in [0, 0.1) is 11.6 Å². The van der Waals surface area contributed by atoms with Gasteiger partial charge >= 0.3 is 0 Å². The van der Waals surface area contributed by atoms with Crippen LogP contribution in [0.1, 0.15) is 12.0 Å². The number of aliphatic hydroxyl groups is 1. The first-order valence-electron chi connectivity index (χ1n) is 11.5. The summed E-state index contributed by atoms with van der Waals surface area (Å²) in [5.41, 5.74) is 12.4. The molecule has 1 aliphatic heterocycles. The fourth-order valence-corrected chi connectivity index (χ4v) is 4.68. The Labute approximate surface area is 213 Å². The molecule has 5 rings (SSSR count). The highest BCUT2D eigenvalue weighted by Gasteiger charge is 2.45. The highest BCUT2D eigenvalue weighted by molar-refractivity contribution is 5.81. The van der Waals surface area contributed by atoms with Gasteiger partial charge in [-0.25, -0.2) is 32.5 Å². The van der Waals surface area contributed by atoms with Gasteiger partial charge in [-0.05, 0) is 24.1 Å². The zero-order valence-corrected chi connectivity index (χ0v) is 20.2. The molecule has 4 aromatic rings. The summed E-state index contributed by atoms with van der Waals surface area (Å²) in [5, 5.41) is 10.0. The van der Waals surface area contributed by atoms with Crippen molar-refractivity contribution in [2.24, 2.45) is 5.73 Å². The summed E-state index contributed by atoms with van der Waals surface area (Å²) < 4.78 is 62.3. The maximum atomic E-state index is 14.9. The number of imidazole rings is 1. The van der Waals surface area contributed by atoms with Crippen LogP contribution in [-0.2, 0) is 6.54 Å². The van der Waals surface area contributed by atoms with Gasteiger partial charge in [0.05, 0.1) is 43.1 Å². The van der Waals surface area contributed by atoms with E-state index in [4.69, 9.17) is 16.2 Å². The van der Waals surface area contributed by atoms with Crippen molar-refractivity contribution in [2.75, 3.05) is 30.8 Å². The van der Waals surface area contributed by atoms with Crippen LogP contribution in [0.25, 0.3) is 22.4 Å². The second-order valence-corrected chi connectivity index (χ2v) is 9.15. The summed E-state index contributed by atoms with van der Waals surface area (Å²) >= 11 is 0. The number of ether oxygens (including phenoxy) is 1. The first kappa shape index (κ1) is 25.6. The molecule has 0 unspecified atom stereocenters. The average Bonchev–Trinajstić information content (AvgIpc) is 3.50. The Kier molecular flexibility index (Phi) is 6.53. The van der Waals surface area contributed by atoms with Gasteiger partial charge in [0.2, 0.25) is 0 Å². The molecule has 200 valence electrons.